The Bertz CT molecular complexity index is 594. The number of pyridine rings is 1. The van der Waals surface area contributed by atoms with Gasteiger partial charge in [0, 0.05) is 17.7 Å². The van der Waals surface area contributed by atoms with Crippen LogP contribution in [0.2, 0.25) is 0 Å². The second kappa shape index (κ2) is 6.80. The van der Waals surface area contributed by atoms with Crippen molar-refractivity contribution in [2.45, 2.75) is 34.2 Å². The van der Waals surface area contributed by atoms with E-state index in [4.69, 9.17) is 0 Å². The van der Waals surface area contributed by atoms with Crippen molar-refractivity contribution in [3.8, 4) is 0 Å². The van der Waals surface area contributed by atoms with Gasteiger partial charge in [0.2, 0.25) is 12.3 Å². The molecule has 0 saturated heterocycles. The molecule has 1 heterocycles. The third kappa shape index (κ3) is 3.76. The van der Waals surface area contributed by atoms with Crippen molar-refractivity contribution in [2.24, 2.45) is 0 Å². The zero-order valence-corrected chi connectivity index (χ0v) is 14.1. The Morgan fingerprint density at radius 3 is 1.95 bits per heavy atom. The number of halogens is 1. The molecule has 0 saturated carbocycles. The van der Waals surface area contributed by atoms with Crippen LogP contribution in [-0.2, 0) is 6.54 Å². The van der Waals surface area contributed by atoms with Gasteiger partial charge in [0.05, 0.1) is 0 Å². The molecule has 0 aliphatic rings. The minimum absolute atomic E-state index is 0. The maximum absolute atomic E-state index is 12.4. The number of ketones is 1. The fraction of sp³-hybridized carbons (Fsp3) is 0.294. The van der Waals surface area contributed by atoms with Crippen molar-refractivity contribution in [2.75, 3.05) is 0 Å². The van der Waals surface area contributed by atoms with Gasteiger partial charge in [-0.2, -0.15) is 4.57 Å². The first-order valence-corrected chi connectivity index (χ1v) is 6.54. The summed E-state index contributed by atoms with van der Waals surface area (Å²) in [4.78, 5) is 12.4. The normalized spacial score (nSPS) is 10.0. The van der Waals surface area contributed by atoms with Gasteiger partial charge in [-0.05, 0) is 44.4 Å². The highest BCUT2D eigenvalue weighted by Crippen LogP contribution is 2.17. The van der Waals surface area contributed by atoms with Crippen LogP contribution >= 0.6 is 17.0 Å². The lowest BCUT2D eigenvalue weighted by molar-refractivity contribution is -0.683. The lowest BCUT2D eigenvalue weighted by Crippen LogP contribution is -2.37. The fourth-order valence-electron chi connectivity index (χ4n) is 2.50. The first-order valence-electron chi connectivity index (χ1n) is 6.54. The van der Waals surface area contributed by atoms with Crippen molar-refractivity contribution in [1.29, 1.82) is 0 Å². The summed E-state index contributed by atoms with van der Waals surface area (Å²) in [7, 11) is 0. The second-order valence-electron chi connectivity index (χ2n) is 5.24. The van der Waals surface area contributed by atoms with E-state index in [0.29, 0.717) is 6.54 Å². The van der Waals surface area contributed by atoms with Crippen LogP contribution in [-0.4, -0.2) is 5.78 Å². The Hall–Kier alpha value is -1.48. The summed E-state index contributed by atoms with van der Waals surface area (Å²) in [5, 5.41) is 0. The summed E-state index contributed by atoms with van der Waals surface area (Å²) in [5.41, 5.74) is 5.39. The molecule has 2 nitrogen and oxygen atoms in total. The average Bonchev–Trinajstić information content (AvgIpc) is 2.30. The molecule has 0 bridgehead atoms. The summed E-state index contributed by atoms with van der Waals surface area (Å²) in [6.45, 7) is 8.51. The first kappa shape index (κ1) is 16.6. The molecule has 0 radical (unpaired) electrons. The maximum Gasteiger partial charge on any atom is 0.228 e. The van der Waals surface area contributed by atoms with Crippen LogP contribution in [0.25, 0.3) is 0 Å². The lowest BCUT2D eigenvalue weighted by Gasteiger charge is -2.08. The zero-order valence-electron chi connectivity index (χ0n) is 12.4. The minimum atomic E-state index is 0. The Labute approximate surface area is 131 Å². The van der Waals surface area contributed by atoms with Gasteiger partial charge in [-0.15, -0.1) is 17.0 Å². The van der Waals surface area contributed by atoms with Crippen LogP contribution < -0.4 is 4.57 Å². The van der Waals surface area contributed by atoms with E-state index in [2.05, 4.69) is 19.1 Å². The summed E-state index contributed by atoms with van der Waals surface area (Å²) in [6.07, 6.45) is 3.90. The van der Waals surface area contributed by atoms with Gasteiger partial charge in [0.15, 0.2) is 12.4 Å². The number of carbonyl (C=O) groups is 1. The molecule has 0 aliphatic carbocycles. The lowest BCUT2D eigenvalue weighted by atomic mass is 9.96. The smallest absolute Gasteiger partial charge is 0.228 e. The number of hydrogen-bond donors (Lipinski definition) is 0. The van der Waals surface area contributed by atoms with E-state index in [9.17, 15) is 4.79 Å². The summed E-state index contributed by atoms with van der Waals surface area (Å²) < 4.78 is 1.92. The molecule has 0 spiro atoms. The van der Waals surface area contributed by atoms with Crippen LogP contribution in [0.3, 0.4) is 0 Å². The van der Waals surface area contributed by atoms with E-state index in [1.54, 1.807) is 0 Å². The molecule has 1 aromatic heterocycles. The molecule has 0 amide bonds. The average molecular weight is 335 g/mol. The Morgan fingerprint density at radius 1 is 0.950 bits per heavy atom. The SMILES string of the molecule is Br.Cc1cc[n+](CC(=O)c2c(C)cc(C)cc2C)cc1. The van der Waals surface area contributed by atoms with Gasteiger partial charge in [-0.25, -0.2) is 0 Å². The van der Waals surface area contributed by atoms with Crippen LogP contribution in [0.1, 0.15) is 32.6 Å². The molecule has 106 valence electrons. The predicted octanol–water partition coefficient (Wildman–Crippen LogP) is 3.67. The number of aryl methyl sites for hydroxylation is 4. The summed E-state index contributed by atoms with van der Waals surface area (Å²) >= 11 is 0. The van der Waals surface area contributed by atoms with E-state index in [1.165, 1.54) is 11.1 Å². The Morgan fingerprint density at radius 2 is 1.45 bits per heavy atom. The number of aromatic nitrogens is 1. The third-order valence-electron chi connectivity index (χ3n) is 3.34. The molecular weight excluding hydrogens is 314 g/mol. The molecule has 0 aliphatic heterocycles. The summed E-state index contributed by atoms with van der Waals surface area (Å²) in [6, 6.07) is 8.17. The number of nitrogens with zero attached hydrogens (tertiary/aromatic N) is 1. The second-order valence-corrected chi connectivity index (χ2v) is 5.24. The Balaban J connectivity index is 0.00000200. The molecule has 0 N–H and O–H groups in total. The third-order valence-corrected chi connectivity index (χ3v) is 3.34. The monoisotopic (exact) mass is 334 g/mol. The van der Waals surface area contributed by atoms with Crippen molar-refractivity contribution < 1.29 is 9.36 Å². The Kier molecular flexibility index (Phi) is 5.63. The fourth-order valence-corrected chi connectivity index (χ4v) is 2.50. The van der Waals surface area contributed by atoms with Gasteiger partial charge in [-0.1, -0.05) is 17.7 Å². The minimum Gasteiger partial charge on any atom is -0.287 e. The highest BCUT2D eigenvalue weighted by atomic mass is 79.9. The molecule has 0 atom stereocenters. The van der Waals surface area contributed by atoms with Crippen molar-refractivity contribution >= 4 is 22.8 Å². The molecule has 2 rings (SSSR count). The quantitative estimate of drug-likeness (QED) is 0.619. The van der Waals surface area contributed by atoms with Crippen LogP contribution in [0.4, 0.5) is 0 Å². The molecule has 1 aromatic carbocycles. The molecule has 20 heavy (non-hydrogen) atoms. The van der Waals surface area contributed by atoms with Crippen molar-refractivity contribution in [3.05, 3.63) is 64.5 Å². The van der Waals surface area contributed by atoms with Gasteiger partial charge in [0.25, 0.3) is 0 Å². The molecule has 2 aromatic rings. The zero-order chi connectivity index (χ0) is 14.0. The van der Waals surface area contributed by atoms with Gasteiger partial charge >= 0.3 is 0 Å². The molecule has 0 unspecified atom stereocenters. The van der Waals surface area contributed by atoms with Crippen molar-refractivity contribution in [1.82, 2.24) is 0 Å². The highest BCUT2D eigenvalue weighted by Gasteiger charge is 2.16. The van der Waals surface area contributed by atoms with E-state index in [-0.39, 0.29) is 22.8 Å². The number of carbonyl (C=O) groups excluding carboxylic acids is 1. The van der Waals surface area contributed by atoms with E-state index < -0.39 is 0 Å². The number of rotatable bonds is 3. The number of hydrogen-bond acceptors (Lipinski definition) is 1. The predicted molar refractivity (Wildman–Crippen MR) is 86.7 cm³/mol. The van der Waals surface area contributed by atoms with Gasteiger partial charge < -0.3 is 0 Å². The number of benzene rings is 1. The topological polar surface area (TPSA) is 20.9 Å². The first-order chi connectivity index (χ1) is 8.97. The van der Waals surface area contributed by atoms with Crippen molar-refractivity contribution in [3.63, 3.8) is 0 Å². The van der Waals surface area contributed by atoms with Gasteiger partial charge in [-0.3, -0.25) is 4.79 Å². The van der Waals surface area contributed by atoms with Crippen LogP contribution in [0.5, 0.6) is 0 Å². The highest BCUT2D eigenvalue weighted by molar-refractivity contribution is 8.93. The largest absolute Gasteiger partial charge is 0.287 e. The van der Waals surface area contributed by atoms with E-state index >= 15 is 0 Å². The van der Waals surface area contributed by atoms with Gasteiger partial charge in [0.1, 0.15) is 0 Å². The molecular formula is C17H21BrNO+. The molecule has 0 fully saturated rings. The standard InChI is InChI=1S/C17H20NO.BrH/c1-12-5-7-18(8-6-12)11-16(19)17-14(3)9-13(2)10-15(17)4;/h5-10H,11H2,1-4H3;1H/q+1;. The summed E-state index contributed by atoms with van der Waals surface area (Å²) in [5.74, 6) is 0.170. The van der Waals surface area contributed by atoms with Crippen LogP contribution in [0, 0.1) is 27.7 Å². The maximum atomic E-state index is 12.4. The van der Waals surface area contributed by atoms with E-state index in [0.717, 1.165) is 16.7 Å². The van der Waals surface area contributed by atoms with E-state index in [1.807, 2.05) is 49.9 Å². The van der Waals surface area contributed by atoms with Crippen LogP contribution in [0.15, 0.2) is 36.7 Å². The number of Topliss-reactive ketones (excluding diaryl/α,β-unsaturated/α-hetero) is 1. The molecule has 3 heteroatoms.